The fraction of sp³-hybridized carbons (Fsp3) is 0. The molecule has 0 fully saturated rings. The van der Waals surface area contributed by atoms with Crippen LogP contribution >= 0.6 is 0 Å². The molecule has 3 heterocycles. The minimum absolute atomic E-state index is 0.652. The lowest BCUT2D eigenvalue weighted by Gasteiger charge is -2.15. The smallest absolute Gasteiger partial charge is 0.189 e. The lowest BCUT2D eigenvalue weighted by atomic mass is 9.89. The third kappa shape index (κ3) is 4.13. The van der Waals surface area contributed by atoms with E-state index in [0.29, 0.717) is 5.69 Å². The van der Waals surface area contributed by atoms with Crippen molar-refractivity contribution >= 4 is 70.6 Å². The molecule has 0 N–H and O–H groups in total. The molecular formula is C47H26N4. The van der Waals surface area contributed by atoms with Gasteiger partial charge in [0.1, 0.15) is 0 Å². The minimum Gasteiger partial charge on any atom is -0.310 e. The number of para-hydroxylation sites is 1. The summed E-state index contributed by atoms with van der Waals surface area (Å²) in [7, 11) is 0. The van der Waals surface area contributed by atoms with Gasteiger partial charge in [-0.1, -0.05) is 60.7 Å². The monoisotopic (exact) mass is 646 g/mol. The summed E-state index contributed by atoms with van der Waals surface area (Å²) in [5, 5.41) is 12.2. The summed E-state index contributed by atoms with van der Waals surface area (Å²) in [5.41, 5.74) is 10.4. The third-order valence-corrected chi connectivity index (χ3v) is 10.5. The van der Waals surface area contributed by atoms with Crippen LogP contribution in [0.5, 0.6) is 0 Å². The molecule has 8 aromatic carbocycles. The van der Waals surface area contributed by atoms with Gasteiger partial charge in [0.05, 0.1) is 23.5 Å². The lowest BCUT2D eigenvalue weighted by molar-refractivity contribution is 1.18. The molecule has 51 heavy (non-hydrogen) atoms. The molecule has 3 aromatic heterocycles. The fourth-order valence-electron chi connectivity index (χ4n) is 8.27. The number of pyridine rings is 2. The molecule has 0 bridgehead atoms. The zero-order valence-corrected chi connectivity index (χ0v) is 27.3. The molecule has 0 aliphatic heterocycles. The predicted octanol–water partition coefficient (Wildman–Crippen LogP) is 12.6. The van der Waals surface area contributed by atoms with E-state index in [2.05, 4.69) is 124 Å². The van der Waals surface area contributed by atoms with Gasteiger partial charge in [0.25, 0.3) is 0 Å². The predicted molar refractivity (Wildman–Crippen MR) is 211 cm³/mol. The fourth-order valence-corrected chi connectivity index (χ4v) is 8.27. The van der Waals surface area contributed by atoms with E-state index in [4.69, 9.17) is 11.6 Å². The van der Waals surface area contributed by atoms with Crippen molar-refractivity contribution in [3.05, 3.63) is 169 Å². The van der Waals surface area contributed by atoms with Crippen LogP contribution in [0.25, 0.3) is 109 Å². The highest BCUT2D eigenvalue weighted by molar-refractivity contribution is 6.27. The average molecular weight is 647 g/mol. The number of rotatable bonds is 4. The molecule has 0 saturated heterocycles. The molecule has 0 radical (unpaired) electrons. The Morgan fingerprint density at radius 3 is 1.55 bits per heavy atom. The molecule has 4 heteroatoms. The standard InChI is InChI=1S/C47H26N4/c1-48-38-25-34-15-14-33-22-36(26-42-46(33)47(34)43(27-38)51(42)39-6-3-2-4-7-39)35-20-29-10-12-31-23-37(24-32-13-11-30(21-35)44(29)45(31)32)41-9-5-8-40(50-41)28-16-18-49-19-17-28/h2-27H. The maximum Gasteiger partial charge on any atom is 0.189 e. The van der Waals surface area contributed by atoms with Crippen molar-refractivity contribution in [2.24, 2.45) is 0 Å². The van der Waals surface area contributed by atoms with Crippen LogP contribution in [-0.2, 0) is 0 Å². The van der Waals surface area contributed by atoms with Gasteiger partial charge < -0.3 is 4.57 Å². The zero-order valence-electron chi connectivity index (χ0n) is 27.3. The Kier molecular flexibility index (Phi) is 5.70. The Morgan fingerprint density at radius 1 is 0.431 bits per heavy atom. The first-order valence-electron chi connectivity index (χ1n) is 17.1. The molecule has 0 atom stereocenters. The van der Waals surface area contributed by atoms with Gasteiger partial charge in [-0.05, 0) is 139 Å². The number of nitrogens with zero attached hydrogens (tertiary/aromatic N) is 4. The quantitative estimate of drug-likeness (QED) is 0.141. The van der Waals surface area contributed by atoms with Crippen molar-refractivity contribution < 1.29 is 0 Å². The van der Waals surface area contributed by atoms with E-state index in [9.17, 15) is 0 Å². The summed E-state index contributed by atoms with van der Waals surface area (Å²) in [6.07, 6.45) is 3.61. The van der Waals surface area contributed by atoms with Gasteiger partial charge in [0.15, 0.2) is 5.69 Å². The van der Waals surface area contributed by atoms with Crippen LogP contribution in [-0.4, -0.2) is 14.5 Å². The summed E-state index contributed by atoms with van der Waals surface area (Å²) in [5.74, 6) is 0. The molecule has 0 amide bonds. The van der Waals surface area contributed by atoms with Crippen LogP contribution in [0.15, 0.2) is 158 Å². The van der Waals surface area contributed by atoms with Crippen LogP contribution in [0, 0.1) is 6.57 Å². The number of hydrogen-bond donors (Lipinski definition) is 0. The van der Waals surface area contributed by atoms with Gasteiger partial charge >= 0.3 is 0 Å². The number of benzene rings is 8. The van der Waals surface area contributed by atoms with E-state index < -0.39 is 0 Å². The van der Waals surface area contributed by atoms with Crippen molar-refractivity contribution in [3.8, 4) is 39.3 Å². The van der Waals surface area contributed by atoms with E-state index >= 15 is 0 Å². The molecular weight excluding hydrogens is 621 g/mol. The maximum atomic E-state index is 7.79. The zero-order chi connectivity index (χ0) is 33.6. The van der Waals surface area contributed by atoms with E-state index in [-0.39, 0.29) is 0 Å². The van der Waals surface area contributed by atoms with Crippen LogP contribution in [0.2, 0.25) is 0 Å². The highest BCUT2D eigenvalue weighted by atomic mass is 15.0. The normalized spacial score (nSPS) is 11.9. The summed E-state index contributed by atoms with van der Waals surface area (Å²) in [6, 6.07) is 52.0. The maximum absolute atomic E-state index is 7.79. The van der Waals surface area contributed by atoms with Gasteiger partial charge in [0.2, 0.25) is 0 Å². The second kappa shape index (κ2) is 10.5. The summed E-state index contributed by atoms with van der Waals surface area (Å²) >= 11 is 0. The van der Waals surface area contributed by atoms with E-state index in [1.54, 1.807) is 12.4 Å². The molecule has 0 spiro atoms. The first-order chi connectivity index (χ1) is 25.2. The molecule has 0 aliphatic rings. The highest BCUT2D eigenvalue weighted by Gasteiger charge is 2.20. The van der Waals surface area contributed by atoms with Gasteiger partial charge in [-0.15, -0.1) is 0 Å². The molecule has 11 rings (SSSR count). The average Bonchev–Trinajstić information content (AvgIpc) is 3.53. The van der Waals surface area contributed by atoms with Crippen molar-refractivity contribution in [2.75, 3.05) is 0 Å². The second-order valence-corrected chi connectivity index (χ2v) is 13.4. The Morgan fingerprint density at radius 2 is 0.941 bits per heavy atom. The lowest BCUT2D eigenvalue weighted by Crippen LogP contribution is -1.93. The van der Waals surface area contributed by atoms with Crippen molar-refractivity contribution in [2.45, 2.75) is 0 Å². The van der Waals surface area contributed by atoms with Crippen molar-refractivity contribution in [3.63, 3.8) is 0 Å². The highest BCUT2D eigenvalue weighted by Crippen LogP contribution is 2.44. The van der Waals surface area contributed by atoms with Crippen LogP contribution < -0.4 is 0 Å². The Balaban J connectivity index is 1.09. The van der Waals surface area contributed by atoms with E-state index in [1.165, 1.54) is 59.6 Å². The van der Waals surface area contributed by atoms with Gasteiger partial charge in [-0.2, -0.15) is 0 Å². The molecule has 4 nitrogen and oxygen atoms in total. The summed E-state index contributed by atoms with van der Waals surface area (Å²) in [6.45, 7) is 7.79. The van der Waals surface area contributed by atoms with E-state index in [0.717, 1.165) is 44.6 Å². The third-order valence-electron chi connectivity index (χ3n) is 10.5. The van der Waals surface area contributed by atoms with Gasteiger partial charge in [0, 0.05) is 45.5 Å². The molecule has 0 unspecified atom stereocenters. The molecule has 234 valence electrons. The topological polar surface area (TPSA) is 35.1 Å². The van der Waals surface area contributed by atoms with Gasteiger partial charge in [-0.3, -0.25) is 4.98 Å². The minimum atomic E-state index is 0.652. The first-order valence-corrected chi connectivity index (χ1v) is 17.1. The Hall–Kier alpha value is -7.09. The number of hydrogen-bond acceptors (Lipinski definition) is 2. The summed E-state index contributed by atoms with van der Waals surface area (Å²) < 4.78 is 2.33. The summed E-state index contributed by atoms with van der Waals surface area (Å²) in [4.78, 5) is 13.0. The SMILES string of the molecule is [C-]#[N+]c1cc2ccc3cc(-c4cc5ccc6cc(-c7cccc(-c8ccncc8)n7)cc7ccc(c4)c5c67)cc4c3c2c(c1)n4-c1ccccc1. The molecule has 0 saturated carbocycles. The largest absolute Gasteiger partial charge is 0.310 e. The van der Waals surface area contributed by atoms with Crippen LogP contribution in [0.4, 0.5) is 5.69 Å². The van der Waals surface area contributed by atoms with E-state index in [1.807, 2.05) is 36.4 Å². The van der Waals surface area contributed by atoms with Crippen LogP contribution in [0.3, 0.4) is 0 Å². The second-order valence-electron chi connectivity index (χ2n) is 13.4. The van der Waals surface area contributed by atoms with Crippen LogP contribution in [0.1, 0.15) is 0 Å². The van der Waals surface area contributed by atoms with Crippen molar-refractivity contribution in [1.82, 2.24) is 14.5 Å². The molecule has 0 aliphatic carbocycles. The van der Waals surface area contributed by atoms with Crippen molar-refractivity contribution in [1.29, 1.82) is 0 Å². The van der Waals surface area contributed by atoms with Gasteiger partial charge in [-0.25, -0.2) is 9.83 Å². The number of aromatic nitrogens is 3. The molecule has 11 aromatic rings. The Labute approximate surface area is 293 Å². The Bertz CT molecular complexity index is 3120. The first kappa shape index (κ1) is 27.8.